The summed E-state index contributed by atoms with van der Waals surface area (Å²) < 4.78 is 10.6. The lowest BCUT2D eigenvalue weighted by molar-refractivity contribution is -0.123. The summed E-state index contributed by atoms with van der Waals surface area (Å²) in [6, 6.07) is 15.9. The van der Waals surface area contributed by atoms with Crippen LogP contribution in [0.5, 0.6) is 11.5 Å². The second kappa shape index (κ2) is 9.69. The number of ether oxygens (including phenoxy) is 2. The Balaban J connectivity index is 1.89. The van der Waals surface area contributed by atoms with Crippen LogP contribution in [0.4, 0.5) is 5.69 Å². The monoisotopic (exact) mass is 353 g/mol. The fraction of sp³-hybridized carbons (Fsp3) is 0.211. The molecular weight excluding hydrogens is 334 g/mol. The van der Waals surface area contributed by atoms with E-state index in [9.17, 15) is 9.59 Å². The van der Waals surface area contributed by atoms with Crippen molar-refractivity contribution in [1.82, 2.24) is 5.32 Å². The number of methoxy groups -OCH3 is 1. The first-order valence-electron chi connectivity index (χ1n) is 7.91. The van der Waals surface area contributed by atoms with Gasteiger partial charge in [0.15, 0.2) is 18.1 Å². The Kier molecular flexibility index (Phi) is 7.01. The maximum atomic E-state index is 12.0. The molecule has 0 aliphatic carbocycles. The third-order valence-electron chi connectivity index (χ3n) is 3.43. The minimum atomic E-state index is -0.397. The number of amides is 2. The lowest BCUT2D eigenvalue weighted by Gasteiger charge is -2.12. The van der Waals surface area contributed by atoms with Crippen molar-refractivity contribution in [2.75, 3.05) is 19.0 Å². The van der Waals surface area contributed by atoms with Crippen molar-refractivity contribution >= 4 is 17.5 Å². The molecule has 0 aromatic heterocycles. The van der Waals surface area contributed by atoms with Gasteiger partial charge in [-0.1, -0.05) is 30.3 Å². The molecule has 134 valence electrons. The first kappa shape index (κ1) is 18.8. The van der Waals surface area contributed by atoms with Crippen LogP contribution in [-0.4, -0.2) is 25.5 Å². The van der Waals surface area contributed by atoms with Crippen LogP contribution in [-0.2, 0) is 16.1 Å². The van der Waals surface area contributed by atoms with Crippen LogP contribution < -0.4 is 20.1 Å². The maximum Gasteiger partial charge on any atom is 0.258 e. The SMILES string of the molecule is COc1ccccc1OCC(=O)NCc1ccccc1NC(=O)CC#N. The zero-order chi connectivity index (χ0) is 18.8. The third kappa shape index (κ3) is 5.53. The van der Waals surface area contributed by atoms with E-state index in [1.165, 1.54) is 7.11 Å². The summed E-state index contributed by atoms with van der Waals surface area (Å²) in [6.45, 7) is 0.0560. The number of anilines is 1. The number of carbonyl (C=O) groups excluding carboxylic acids is 2. The van der Waals surface area contributed by atoms with Crippen molar-refractivity contribution in [1.29, 1.82) is 5.26 Å². The van der Waals surface area contributed by atoms with E-state index < -0.39 is 5.91 Å². The smallest absolute Gasteiger partial charge is 0.258 e. The van der Waals surface area contributed by atoms with Crippen molar-refractivity contribution in [3.05, 3.63) is 54.1 Å². The molecule has 2 N–H and O–H groups in total. The number of hydrogen-bond acceptors (Lipinski definition) is 5. The molecule has 0 fully saturated rings. The second-order valence-corrected chi connectivity index (χ2v) is 5.26. The molecule has 2 aromatic rings. The van der Waals surface area contributed by atoms with Gasteiger partial charge in [0.05, 0.1) is 13.2 Å². The van der Waals surface area contributed by atoms with E-state index in [1.807, 2.05) is 6.07 Å². The van der Waals surface area contributed by atoms with Gasteiger partial charge in [0.2, 0.25) is 5.91 Å². The molecule has 7 nitrogen and oxygen atoms in total. The molecule has 2 rings (SSSR count). The van der Waals surface area contributed by atoms with Crippen LogP contribution in [0, 0.1) is 11.3 Å². The second-order valence-electron chi connectivity index (χ2n) is 5.26. The molecule has 7 heteroatoms. The number of nitrogens with zero attached hydrogens (tertiary/aromatic N) is 1. The molecule has 0 heterocycles. The van der Waals surface area contributed by atoms with E-state index in [4.69, 9.17) is 14.7 Å². The van der Waals surface area contributed by atoms with Crippen molar-refractivity contribution < 1.29 is 19.1 Å². The zero-order valence-corrected chi connectivity index (χ0v) is 14.3. The molecule has 0 aliphatic rings. The number of nitrogens with one attached hydrogen (secondary N) is 2. The van der Waals surface area contributed by atoms with E-state index in [1.54, 1.807) is 48.5 Å². The zero-order valence-electron chi connectivity index (χ0n) is 14.3. The van der Waals surface area contributed by atoms with Crippen molar-refractivity contribution in [3.8, 4) is 17.6 Å². The maximum absolute atomic E-state index is 12.0. The Bertz CT molecular complexity index is 814. The van der Waals surface area contributed by atoms with E-state index in [0.29, 0.717) is 17.2 Å². The summed E-state index contributed by atoms with van der Waals surface area (Å²) in [6.07, 6.45) is -0.229. The minimum Gasteiger partial charge on any atom is -0.493 e. The van der Waals surface area contributed by atoms with Crippen LogP contribution >= 0.6 is 0 Å². The molecule has 0 atom stereocenters. The fourth-order valence-corrected chi connectivity index (χ4v) is 2.19. The molecule has 0 unspecified atom stereocenters. The predicted molar refractivity (Wildman–Crippen MR) is 95.6 cm³/mol. The lowest BCUT2D eigenvalue weighted by Crippen LogP contribution is -2.29. The molecule has 0 radical (unpaired) electrons. The highest BCUT2D eigenvalue weighted by Crippen LogP contribution is 2.25. The molecule has 0 spiro atoms. The van der Waals surface area contributed by atoms with Gasteiger partial charge >= 0.3 is 0 Å². The normalized spacial score (nSPS) is 9.69. The Labute approximate surface area is 151 Å². The molecule has 0 aliphatic heterocycles. The number of carbonyl (C=O) groups is 2. The van der Waals surface area contributed by atoms with Crippen molar-refractivity contribution in [3.63, 3.8) is 0 Å². The van der Waals surface area contributed by atoms with Gasteiger partial charge in [0.1, 0.15) is 6.42 Å². The summed E-state index contributed by atoms with van der Waals surface area (Å²) in [5, 5.41) is 13.9. The average Bonchev–Trinajstić information content (AvgIpc) is 2.66. The highest BCUT2D eigenvalue weighted by molar-refractivity contribution is 5.92. The van der Waals surface area contributed by atoms with Gasteiger partial charge in [-0.3, -0.25) is 9.59 Å². The van der Waals surface area contributed by atoms with Gasteiger partial charge < -0.3 is 20.1 Å². The number of nitriles is 1. The summed E-state index contributed by atoms with van der Waals surface area (Å²) in [7, 11) is 1.53. The Morgan fingerprint density at radius 1 is 1.04 bits per heavy atom. The predicted octanol–water partition coefficient (Wildman–Crippen LogP) is 2.24. The summed E-state index contributed by atoms with van der Waals surface area (Å²) in [5.74, 6) is 0.319. The third-order valence-corrected chi connectivity index (χ3v) is 3.43. The molecule has 2 amide bonds. The molecule has 0 saturated carbocycles. The molecule has 0 saturated heterocycles. The number of para-hydroxylation sites is 3. The van der Waals surface area contributed by atoms with Gasteiger partial charge in [-0.25, -0.2) is 0 Å². The summed E-state index contributed by atoms with van der Waals surface area (Å²) in [4.78, 5) is 23.6. The standard InChI is InChI=1S/C19H19N3O4/c1-25-16-8-4-5-9-17(16)26-13-19(24)21-12-14-6-2-3-7-15(14)22-18(23)10-11-20/h2-9H,10,12-13H2,1H3,(H,21,24)(H,22,23). The van der Waals surface area contributed by atoms with Crippen molar-refractivity contribution in [2.24, 2.45) is 0 Å². The fourth-order valence-electron chi connectivity index (χ4n) is 2.19. The summed E-state index contributed by atoms with van der Waals surface area (Å²) >= 11 is 0. The molecule has 0 bridgehead atoms. The largest absolute Gasteiger partial charge is 0.493 e. The van der Waals surface area contributed by atoms with Gasteiger partial charge in [0.25, 0.3) is 5.91 Å². The Morgan fingerprint density at radius 3 is 2.46 bits per heavy atom. The first-order chi connectivity index (χ1) is 12.6. The van der Waals surface area contributed by atoms with Crippen LogP contribution in [0.15, 0.2) is 48.5 Å². The highest BCUT2D eigenvalue weighted by Gasteiger charge is 2.09. The van der Waals surface area contributed by atoms with E-state index in [2.05, 4.69) is 10.6 Å². The van der Waals surface area contributed by atoms with Crippen LogP contribution in [0.1, 0.15) is 12.0 Å². The first-order valence-corrected chi connectivity index (χ1v) is 7.91. The van der Waals surface area contributed by atoms with Gasteiger partial charge in [-0.05, 0) is 23.8 Å². The quantitative estimate of drug-likeness (QED) is 0.758. The number of rotatable bonds is 8. The van der Waals surface area contributed by atoms with E-state index >= 15 is 0 Å². The van der Waals surface area contributed by atoms with Gasteiger partial charge in [-0.15, -0.1) is 0 Å². The van der Waals surface area contributed by atoms with Gasteiger partial charge in [0, 0.05) is 12.2 Å². The topological polar surface area (TPSA) is 100 Å². The van der Waals surface area contributed by atoms with Crippen molar-refractivity contribution in [2.45, 2.75) is 13.0 Å². The van der Waals surface area contributed by atoms with E-state index in [0.717, 1.165) is 5.56 Å². The van der Waals surface area contributed by atoms with E-state index in [-0.39, 0.29) is 25.5 Å². The minimum absolute atomic E-state index is 0.163. The van der Waals surface area contributed by atoms with Crippen LogP contribution in [0.25, 0.3) is 0 Å². The Morgan fingerprint density at radius 2 is 1.73 bits per heavy atom. The van der Waals surface area contributed by atoms with Gasteiger partial charge in [-0.2, -0.15) is 5.26 Å². The lowest BCUT2D eigenvalue weighted by atomic mass is 10.1. The van der Waals surface area contributed by atoms with Crippen LogP contribution in [0.2, 0.25) is 0 Å². The number of hydrogen-bond donors (Lipinski definition) is 2. The highest BCUT2D eigenvalue weighted by atomic mass is 16.5. The number of benzene rings is 2. The molecular formula is C19H19N3O4. The molecule has 26 heavy (non-hydrogen) atoms. The average molecular weight is 353 g/mol. The Hall–Kier alpha value is -3.53. The molecule has 2 aromatic carbocycles. The summed E-state index contributed by atoms with van der Waals surface area (Å²) in [5.41, 5.74) is 1.28. The van der Waals surface area contributed by atoms with Crippen LogP contribution in [0.3, 0.4) is 0 Å².